The summed E-state index contributed by atoms with van der Waals surface area (Å²) in [6.07, 6.45) is 0. The summed E-state index contributed by atoms with van der Waals surface area (Å²) in [6, 6.07) is 9.53. The first kappa shape index (κ1) is 9.58. The van der Waals surface area contributed by atoms with Crippen LogP contribution in [0.3, 0.4) is 0 Å². The Bertz CT molecular complexity index is 511. The lowest BCUT2D eigenvalue weighted by molar-refractivity contribution is 0.418. The molecule has 0 aliphatic rings. The average molecular weight is 204 g/mol. The maximum atomic E-state index is 11.4. The van der Waals surface area contributed by atoms with Gasteiger partial charge >= 0.3 is 5.69 Å². The van der Waals surface area contributed by atoms with Gasteiger partial charge in [0.1, 0.15) is 0 Å². The zero-order valence-corrected chi connectivity index (χ0v) is 8.40. The molecule has 78 valence electrons. The lowest BCUT2D eigenvalue weighted by atomic mass is 10.2. The van der Waals surface area contributed by atoms with Gasteiger partial charge in [0.2, 0.25) is 5.88 Å². The van der Waals surface area contributed by atoms with Gasteiger partial charge in [0.25, 0.3) is 0 Å². The van der Waals surface area contributed by atoms with E-state index in [1.54, 1.807) is 6.92 Å². The van der Waals surface area contributed by atoms with Gasteiger partial charge in [-0.3, -0.25) is 4.57 Å². The highest BCUT2D eigenvalue weighted by molar-refractivity contribution is 5.21. The van der Waals surface area contributed by atoms with Crippen LogP contribution in [0.2, 0.25) is 0 Å². The van der Waals surface area contributed by atoms with E-state index in [0.717, 1.165) is 5.56 Å². The molecule has 0 unspecified atom stereocenters. The highest BCUT2D eigenvalue weighted by atomic mass is 16.3. The van der Waals surface area contributed by atoms with Gasteiger partial charge in [-0.15, -0.1) is 0 Å². The quantitative estimate of drug-likeness (QED) is 0.773. The maximum absolute atomic E-state index is 11.4. The number of H-pyrrole nitrogens is 1. The summed E-state index contributed by atoms with van der Waals surface area (Å²) in [4.78, 5) is 14.0. The minimum Gasteiger partial charge on any atom is -0.493 e. The Balaban J connectivity index is 2.37. The molecule has 0 fully saturated rings. The van der Waals surface area contributed by atoms with Crippen LogP contribution in [-0.2, 0) is 6.54 Å². The topological polar surface area (TPSA) is 58.0 Å². The molecule has 1 aromatic heterocycles. The van der Waals surface area contributed by atoms with Crippen LogP contribution in [0.4, 0.5) is 0 Å². The smallest absolute Gasteiger partial charge is 0.328 e. The summed E-state index contributed by atoms with van der Waals surface area (Å²) in [5.74, 6) is 0.00357. The number of aromatic nitrogens is 2. The van der Waals surface area contributed by atoms with Crippen LogP contribution < -0.4 is 5.69 Å². The zero-order chi connectivity index (χ0) is 10.8. The molecule has 0 bridgehead atoms. The van der Waals surface area contributed by atoms with Crippen molar-refractivity contribution in [1.82, 2.24) is 9.55 Å². The van der Waals surface area contributed by atoms with Gasteiger partial charge in [-0.25, -0.2) is 4.79 Å². The lowest BCUT2D eigenvalue weighted by Crippen LogP contribution is -2.17. The number of aromatic hydroxyl groups is 1. The van der Waals surface area contributed by atoms with Crippen molar-refractivity contribution in [2.24, 2.45) is 0 Å². The van der Waals surface area contributed by atoms with E-state index in [4.69, 9.17) is 0 Å². The molecule has 0 spiro atoms. The number of nitrogens with zero attached hydrogens (tertiary/aromatic N) is 1. The Hall–Kier alpha value is -1.97. The van der Waals surface area contributed by atoms with Crippen LogP contribution in [0.5, 0.6) is 5.88 Å². The minimum absolute atomic E-state index is 0.00357. The molecular formula is C11H12N2O2. The van der Waals surface area contributed by atoms with Gasteiger partial charge in [0.15, 0.2) is 0 Å². The van der Waals surface area contributed by atoms with E-state index in [1.165, 1.54) is 4.57 Å². The monoisotopic (exact) mass is 204 g/mol. The molecule has 0 saturated carbocycles. The molecule has 15 heavy (non-hydrogen) atoms. The molecule has 4 nitrogen and oxygen atoms in total. The fourth-order valence-electron chi connectivity index (χ4n) is 1.50. The van der Waals surface area contributed by atoms with Crippen molar-refractivity contribution in [3.8, 4) is 5.88 Å². The molecule has 2 rings (SSSR count). The molecule has 0 saturated heterocycles. The Labute approximate surface area is 86.8 Å². The van der Waals surface area contributed by atoms with Gasteiger partial charge in [-0.05, 0) is 12.5 Å². The molecular weight excluding hydrogens is 192 g/mol. The predicted molar refractivity (Wildman–Crippen MR) is 57.0 cm³/mol. The molecule has 1 aromatic carbocycles. The van der Waals surface area contributed by atoms with Gasteiger partial charge in [0.05, 0.1) is 12.2 Å². The predicted octanol–water partition coefficient (Wildman–Crippen LogP) is 1.24. The number of hydrogen-bond donors (Lipinski definition) is 2. The van der Waals surface area contributed by atoms with Crippen LogP contribution in [0.1, 0.15) is 11.3 Å². The van der Waals surface area contributed by atoms with E-state index in [9.17, 15) is 9.90 Å². The highest BCUT2D eigenvalue weighted by Crippen LogP contribution is 2.12. The average Bonchev–Trinajstić information content (AvgIpc) is 2.47. The number of rotatable bonds is 2. The Morgan fingerprint density at radius 1 is 1.33 bits per heavy atom. The van der Waals surface area contributed by atoms with Crippen LogP contribution in [0.25, 0.3) is 0 Å². The summed E-state index contributed by atoms with van der Waals surface area (Å²) >= 11 is 0. The number of nitrogens with one attached hydrogen (secondary N) is 1. The first-order valence-electron chi connectivity index (χ1n) is 4.71. The third-order valence-electron chi connectivity index (χ3n) is 2.31. The second-order valence-corrected chi connectivity index (χ2v) is 3.45. The largest absolute Gasteiger partial charge is 0.493 e. The molecule has 0 radical (unpaired) electrons. The second kappa shape index (κ2) is 3.65. The van der Waals surface area contributed by atoms with Crippen molar-refractivity contribution in [3.63, 3.8) is 0 Å². The molecule has 0 atom stereocenters. The van der Waals surface area contributed by atoms with E-state index < -0.39 is 0 Å². The molecule has 0 aliphatic carbocycles. The van der Waals surface area contributed by atoms with Crippen molar-refractivity contribution < 1.29 is 5.11 Å². The summed E-state index contributed by atoms with van der Waals surface area (Å²) in [7, 11) is 0. The Kier molecular flexibility index (Phi) is 2.33. The molecule has 1 heterocycles. The summed E-state index contributed by atoms with van der Waals surface area (Å²) in [6.45, 7) is 2.05. The van der Waals surface area contributed by atoms with Crippen LogP contribution >= 0.6 is 0 Å². The summed E-state index contributed by atoms with van der Waals surface area (Å²) in [5, 5.41) is 9.61. The van der Waals surface area contributed by atoms with Crippen LogP contribution in [-0.4, -0.2) is 14.7 Å². The fraction of sp³-hybridized carbons (Fsp3) is 0.182. The van der Waals surface area contributed by atoms with Gasteiger partial charge < -0.3 is 10.1 Å². The standard InChI is InChI=1S/C11H12N2O2/c1-8-10(14)13(11(15)12-8)7-9-5-3-2-4-6-9/h2-6,14H,7H2,1H3,(H,12,15). The number of imidazole rings is 1. The molecule has 2 N–H and O–H groups in total. The zero-order valence-electron chi connectivity index (χ0n) is 8.40. The van der Waals surface area contributed by atoms with Gasteiger partial charge in [-0.2, -0.15) is 0 Å². The van der Waals surface area contributed by atoms with E-state index >= 15 is 0 Å². The van der Waals surface area contributed by atoms with Crippen molar-refractivity contribution in [1.29, 1.82) is 0 Å². The third-order valence-corrected chi connectivity index (χ3v) is 2.31. The Morgan fingerprint density at radius 3 is 2.53 bits per heavy atom. The maximum Gasteiger partial charge on any atom is 0.328 e. The lowest BCUT2D eigenvalue weighted by Gasteiger charge is -2.02. The first-order valence-corrected chi connectivity index (χ1v) is 4.71. The summed E-state index contributed by atoms with van der Waals surface area (Å²) < 4.78 is 1.31. The molecule has 2 aromatic rings. The van der Waals surface area contributed by atoms with E-state index in [-0.39, 0.29) is 11.6 Å². The van der Waals surface area contributed by atoms with Crippen molar-refractivity contribution in [3.05, 3.63) is 52.1 Å². The van der Waals surface area contributed by atoms with Crippen LogP contribution in [0, 0.1) is 6.92 Å². The first-order chi connectivity index (χ1) is 7.18. The van der Waals surface area contributed by atoms with E-state index in [0.29, 0.717) is 12.2 Å². The summed E-state index contributed by atoms with van der Waals surface area (Å²) in [5.41, 5.74) is 1.19. The normalized spacial score (nSPS) is 10.5. The molecule has 0 aliphatic heterocycles. The Morgan fingerprint density at radius 2 is 2.00 bits per heavy atom. The minimum atomic E-state index is -0.283. The number of benzene rings is 1. The molecule has 0 amide bonds. The highest BCUT2D eigenvalue weighted by Gasteiger charge is 2.08. The van der Waals surface area contributed by atoms with E-state index in [2.05, 4.69) is 4.98 Å². The van der Waals surface area contributed by atoms with Crippen LogP contribution in [0.15, 0.2) is 35.1 Å². The number of hydrogen-bond acceptors (Lipinski definition) is 2. The third kappa shape index (κ3) is 1.79. The van der Waals surface area contributed by atoms with Gasteiger partial charge in [-0.1, -0.05) is 30.3 Å². The number of aryl methyl sites for hydroxylation is 1. The van der Waals surface area contributed by atoms with Crippen molar-refractivity contribution in [2.45, 2.75) is 13.5 Å². The van der Waals surface area contributed by atoms with Gasteiger partial charge in [0, 0.05) is 0 Å². The SMILES string of the molecule is Cc1[nH]c(=O)n(Cc2ccccc2)c1O. The van der Waals surface area contributed by atoms with E-state index in [1.807, 2.05) is 30.3 Å². The molecule has 4 heteroatoms. The van der Waals surface area contributed by atoms with Crippen molar-refractivity contribution in [2.75, 3.05) is 0 Å². The van der Waals surface area contributed by atoms with Crippen molar-refractivity contribution >= 4 is 0 Å². The second-order valence-electron chi connectivity index (χ2n) is 3.45. The number of aromatic amines is 1. The fourth-order valence-corrected chi connectivity index (χ4v) is 1.50.